The number of aromatic nitrogens is 2. The summed E-state index contributed by atoms with van der Waals surface area (Å²) in [5.74, 6) is -0.800. The average molecular weight is 369 g/mol. The van der Waals surface area contributed by atoms with Crippen LogP contribution in [0, 0.1) is 0 Å². The number of rotatable bonds is 7. The lowest BCUT2D eigenvalue weighted by Crippen LogP contribution is -2.30. The Morgan fingerprint density at radius 1 is 1.19 bits per heavy atom. The van der Waals surface area contributed by atoms with Gasteiger partial charge >= 0.3 is 5.97 Å². The summed E-state index contributed by atoms with van der Waals surface area (Å²) >= 11 is 1.58. The van der Waals surface area contributed by atoms with Crippen molar-refractivity contribution in [3.05, 3.63) is 76.2 Å². The predicted molar refractivity (Wildman–Crippen MR) is 98.8 cm³/mol. The van der Waals surface area contributed by atoms with Crippen molar-refractivity contribution in [3.8, 4) is 0 Å². The number of amides is 1. The Morgan fingerprint density at radius 3 is 2.73 bits per heavy atom. The Kier molecular flexibility index (Phi) is 5.80. The molecule has 0 atom stereocenters. The number of hydrogen-bond donors (Lipinski definition) is 0. The molecule has 3 aromatic rings. The van der Waals surface area contributed by atoms with Gasteiger partial charge in [0.1, 0.15) is 0 Å². The molecule has 0 unspecified atom stereocenters. The molecule has 0 bridgehead atoms. The Balaban J connectivity index is 1.49. The monoisotopic (exact) mass is 369 g/mol. The molecule has 134 valence electrons. The van der Waals surface area contributed by atoms with Crippen LogP contribution in [0.1, 0.15) is 20.8 Å². The second-order valence-electron chi connectivity index (χ2n) is 5.82. The molecule has 1 aromatic carbocycles. The summed E-state index contributed by atoms with van der Waals surface area (Å²) in [4.78, 5) is 26.8. The number of ether oxygens (including phenoxy) is 1. The van der Waals surface area contributed by atoms with Crippen molar-refractivity contribution in [3.63, 3.8) is 0 Å². The molecule has 0 aliphatic carbocycles. The standard InChI is InChI=1S/C19H19N3O3S/c1-21(13-17-8-5-9-26-17)18(23)14-25-19(24)16-10-20-22(12-16)11-15-6-3-2-4-7-15/h2-10,12H,11,13-14H2,1H3. The Labute approximate surface area is 155 Å². The van der Waals surface area contributed by atoms with Crippen molar-refractivity contribution in [1.29, 1.82) is 0 Å². The van der Waals surface area contributed by atoms with Gasteiger partial charge in [-0.05, 0) is 17.0 Å². The molecule has 0 spiro atoms. The summed E-state index contributed by atoms with van der Waals surface area (Å²) in [7, 11) is 1.69. The summed E-state index contributed by atoms with van der Waals surface area (Å²) in [6, 6.07) is 13.7. The average Bonchev–Trinajstić information content (AvgIpc) is 3.32. The number of hydrogen-bond acceptors (Lipinski definition) is 5. The van der Waals surface area contributed by atoms with Gasteiger partial charge in [0, 0.05) is 18.1 Å². The minimum absolute atomic E-state index is 0.247. The first-order valence-electron chi connectivity index (χ1n) is 8.11. The quantitative estimate of drug-likeness (QED) is 0.601. The van der Waals surface area contributed by atoms with Crippen LogP contribution < -0.4 is 0 Å². The lowest BCUT2D eigenvalue weighted by atomic mass is 10.2. The second kappa shape index (κ2) is 8.44. The molecule has 2 heterocycles. The fourth-order valence-corrected chi connectivity index (χ4v) is 3.13. The summed E-state index contributed by atoms with van der Waals surface area (Å²) in [6.07, 6.45) is 3.07. The normalized spacial score (nSPS) is 10.5. The summed E-state index contributed by atoms with van der Waals surface area (Å²) in [6.45, 7) is 0.782. The van der Waals surface area contributed by atoms with Gasteiger partial charge in [0.25, 0.3) is 5.91 Å². The van der Waals surface area contributed by atoms with Crippen LogP contribution in [0.15, 0.2) is 60.2 Å². The Hall–Kier alpha value is -2.93. The van der Waals surface area contributed by atoms with E-state index in [0.717, 1.165) is 10.4 Å². The molecule has 6 nitrogen and oxygen atoms in total. The van der Waals surface area contributed by atoms with Crippen molar-refractivity contribution in [2.75, 3.05) is 13.7 Å². The minimum atomic E-state index is -0.554. The molecular weight excluding hydrogens is 350 g/mol. The summed E-state index contributed by atoms with van der Waals surface area (Å²) < 4.78 is 6.78. The largest absolute Gasteiger partial charge is 0.452 e. The van der Waals surface area contributed by atoms with E-state index >= 15 is 0 Å². The van der Waals surface area contributed by atoms with Gasteiger partial charge in [-0.1, -0.05) is 36.4 Å². The van der Waals surface area contributed by atoms with Gasteiger partial charge in [0.05, 0.1) is 24.8 Å². The molecule has 0 N–H and O–H groups in total. The molecule has 0 saturated heterocycles. The van der Waals surface area contributed by atoms with E-state index < -0.39 is 5.97 Å². The maximum atomic E-state index is 12.1. The van der Waals surface area contributed by atoms with E-state index in [0.29, 0.717) is 18.7 Å². The fourth-order valence-electron chi connectivity index (χ4n) is 2.37. The van der Waals surface area contributed by atoms with Gasteiger partial charge in [0.2, 0.25) is 0 Å². The van der Waals surface area contributed by atoms with Gasteiger partial charge in [-0.25, -0.2) is 4.79 Å². The van der Waals surface area contributed by atoms with E-state index in [9.17, 15) is 9.59 Å². The maximum Gasteiger partial charge on any atom is 0.341 e. The maximum absolute atomic E-state index is 12.1. The molecule has 3 rings (SSSR count). The van der Waals surface area contributed by atoms with Crippen molar-refractivity contribution >= 4 is 23.2 Å². The van der Waals surface area contributed by atoms with E-state index in [1.165, 1.54) is 11.1 Å². The van der Waals surface area contributed by atoms with Gasteiger partial charge in [-0.15, -0.1) is 11.3 Å². The van der Waals surface area contributed by atoms with E-state index in [1.54, 1.807) is 29.3 Å². The summed E-state index contributed by atoms with van der Waals surface area (Å²) in [5, 5.41) is 6.13. The smallest absolute Gasteiger partial charge is 0.341 e. The molecule has 7 heteroatoms. The zero-order valence-corrected chi connectivity index (χ0v) is 15.2. The van der Waals surface area contributed by atoms with Crippen molar-refractivity contribution < 1.29 is 14.3 Å². The first kappa shape index (κ1) is 17.9. The molecule has 26 heavy (non-hydrogen) atoms. The summed E-state index contributed by atoms with van der Waals surface area (Å²) in [5.41, 5.74) is 1.41. The lowest BCUT2D eigenvalue weighted by Gasteiger charge is -2.15. The molecule has 0 saturated carbocycles. The topological polar surface area (TPSA) is 64.4 Å². The third-order valence-electron chi connectivity index (χ3n) is 3.78. The Bertz CT molecular complexity index is 859. The minimum Gasteiger partial charge on any atom is -0.452 e. The third-order valence-corrected chi connectivity index (χ3v) is 4.64. The van der Waals surface area contributed by atoms with E-state index in [-0.39, 0.29) is 12.5 Å². The van der Waals surface area contributed by atoms with E-state index in [1.807, 2.05) is 47.8 Å². The number of benzene rings is 1. The first-order valence-corrected chi connectivity index (χ1v) is 8.99. The zero-order chi connectivity index (χ0) is 18.4. The number of nitrogens with zero attached hydrogens (tertiary/aromatic N) is 3. The van der Waals surface area contributed by atoms with E-state index in [4.69, 9.17) is 4.74 Å². The predicted octanol–water partition coefficient (Wildman–Crippen LogP) is 2.81. The van der Waals surface area contributed by atoms with Gasteiger partial charge in [-0.3, -0.25) is 9.48 Å². The fraction of sp³-hybridized carbons (Fsp3) is 0.211. The molecule has 2 aromatic heterocycles. The van der Waals surface area contributed by atoms with Crippen LogP contribution in [0.2, 0.25) is 0 Å². The van der Waals surface area contributed by atoms with Crippen LogP contribution in [-0.2, 0) is 22.6 Å². The first-order chi connectivity index (χ1) is 12.6. The Morgan fingerprint density at radius 2 is 2.00 bits per heavy atom. The molecule has 0 aliphatic heterocycles. The second-order valence-corrected chi connectivity index (χ2v) is 6.85. The number of esters is 1. The van der Waals surface area contributed by atoms with Crippen LogP contribution >= 0.6 is 11.3 Å². The van der Waals surface area contributed by atoms with Gasteiger partial charge in [-0.2, -0.15) is 5.10 Å². The van der Waals surface area contributed by atoms with Crippen molar-refractivity contribution in [2.45, 2.75) is 13.1 Å². The molecule has 0 radical (unpaired) electrons. The molecule has 0 fully saturated rings. The highest BCUT2D eigenvalue weighted by atomic mass is 32.1. The zero-order valence-electron chi connectivity index (χ0n) is 14.4. The van der Waals surface area contributed by atoms with Crippen LogP contribution in [0.4, 0.5) is 0 Å². The van der Waals surface area contributed by atoms with Gasteiger partial charge in [0.15, 0.2) is 6.61 Å². The molecule has 0 aliphatic rings. The van der Waals surface area contributed by atoms with Crippen LogP contribution in [0.5, 0.6) is 0 Å². The number of thiophene rings is 1. The van der Waals surface area contributed by atoms with Gasteiger partial charge < -0.3 is 9.64 Å². The number of carbonyl (C=O) groups is 2. The number of likely N-dealkylation sites (N-methyl/N-ethyl adjacent to an activating group) is 1. The van der Waals surface area contributed by atoms with Crippen LogP contribution in [-0.4, -0.2) is 40.2 Å². The van der Waals surface area contributed by atoms with Crippen LogP contribution in [0.25, 0.3) is 0 Å². The SMILES string of the molecule is CN(Cc1cccs1)C(=O)COC(=O)c1cnn(Cc2ccccc2)c1. The van der Waals surface area contributed by atoms with Crippen molar-refractivity contribution in [2.24, 2.45) is 0 Å². The molecular formula is C19H19N3O3S. The van der Waals surface area contributed by atoms with Crippen LogP contribution in [0.3, 0.4) is 0 Å². The van der Waals surface area contributed by atoms with E-state index in [2.05, 4.69) is 5.10 Å². The highest BCUT2D eigenvalue weighted by Gasteiger charge is 2.15. The highest BCUT2D eigenvalue weighted by Crippen LogP contribution is 2.11. The third kappa shape index (κ3) is 4.80. The molecule has 1 amide bonds. The lowest BCUT2D eigenvalue weighted by molar-refractivity contribution is -0.133. The van der Waals surface area contributed by atoms with Crippen molar-refractivity contribution in [1.82, 2.24) is 14.7 Å². The highest BCUT2D eigenvalue weighted by molar-refractivity contribution is 7.09. The number of carbonyl (C=O) groups excluding carboxylic acids is 2.